The van der Waals surface area contributed by atoms with Crippen LogP contribution < -0.4 is 10.6 Å². The van der Waals surface area contributed by atoms with Crippen LogP contribution in [0.4, 0.5) is 17.1 Å². The molecule has 5 heteroatoms. The smallest absolute Gasteiger partial charge is 0.226 e. The van der Waals surface area contributed by atoms with Crippen LogP contribution in [0, 0.1) is 0 Å². The second-order valence-electron chi connectivity index (χ2n) is 7.21. The predicted molar refractivity (Wildman–Crippen MR) is 120 cm³/mol. The van der Waals surface area contributed by atoms with Crippen molar-refractivity contribution >= 4 is 35.0 Å². The maximum absolute atomic E-state index is 12.7. The van der Waals surface area contributed by atoms with Crippen LogP contribution in [0.5, 0.6) is 0 Å². The van der Waals surface area contributed by atoms with Crippen LogP contribution >= 0.6 is 0 Å². The molecule has 2 N–H and O–H groups in total. The monoisotopic (exact) mass is 397 g/mol. The molecule has 1 heterocycles. The van der Waals surface area contributed by atoms with Crippen LogP contribution in [0.1, 0.15) is 30.5 Å². The fourth-order valence-electron chi connectivity index (χ4n) is 3.63. The molecule has 3 aromatic rings. The highest BCUT2D eigenvalue weighted by Crippen LogP contribution is 2.33. The van der Waals surface area contributed by atoms with Crippen molar-refractivity contribution in [2.24, 2.45) is 0 Å². The Morgan fingerprint density at radius 1 is 0.833 bits per heavy atom. The van der Waals surface area contributed by atoms with Crippen molar-refractivity contribution in [2.75, 3.05) is 10.6 Å². The third-order valence-electron chi connectivity index (χ3n) is 5.08. The molecule has 5 nitrogen and oxygen atoms in total. The third kappa shape index (κ3) is 4.41. The van der Waals surface area contributed by atoms with Crippen LogP contribution in [-0.4, -0.2) is 16.7 Å². The molecule has 1 aliphatic heterocycles. The van der Waals surface area contributed by atoms with Gasteiger partial charge in [0.1, 0.15) is 0 Å². The first-order valence-electron chi connectivity index (χ1n) is 9.88. The van der Waals surface area contributed by atoms with Gasteiger partial charge in [-0.2, -0.15) is 0 Å². The largest absolute Gasteiger partial charge is 0.356 e. The average Bonchev–Trinajstić information content (AvgIpc) is 2.76. The van der Waals surface area contributed by atoms with Gasteiger partial charge < -0.3 is 15.5 Å². The lowest BCUT2D eigenvalue weighted by Gasteiger charge is -2.32. The van der Waals surface area contributed by atoms with E-state index in [-0.39, 0.29) is 24.3 Å². The molecule has 0 fully saturated rings. The van der Waals surface area contributed by atoms with E-state index >= 15 is 0 Å². The molecular formula is C25H23N3O2. The van der Waals surface area contributed by atoms with Crippen LogP contribution in [-0.2, 0) is 9.59 Å². The number of rotatable bonds is 5. The molecule has 150 valence electrons. The van der Waals surface area contributed by atoms with Gasteiger partial charge in [0.25, 0.3) is 0 Å². The number of carbonyl (C=O) groups excluding carboxylic acids is 2. The molecule has 30 heavy (non-hydrogen) atoms. The SMILES string of the molecule is CC(=O)N1C=Cc2ccccc2C1CC(=O)Nc1ccc(Nc2ccccc2)cc1. The third-order valence-corrected chi connectivity index (χ3v) is 5.08. The van der Waals surface area contributed by atoms with E-state index in [1.54, 1.807) is 11.1 Å². The molecule has 0 spiro atoms. The summed E-state index contributed by atoms with van der Waals surface area (Å²) < 4.78 is 0. The van der Waals surface area contributed by atoms with Gasteiger partial charge in [0.05, 0.1) is 12.5 Å². The highest BCUT2D eigenvalue weighted by molar-refractivity contribution is 5.92. The Kier molecular flexibility index (Phi) is 5.61. The summed E-state index contributed by atoms with van der Waals surface area (Å²) in [5, 5.41) is 6.26. The second kappa shape index (κ2) is 8.66. The second-order valence-corrected chi connectivity index (χ2v) is 7.21. The number of anilines is 3. The minimum Gasteiger partial charge on any atom is -0.356 e. The number of hydrogen-bond acceptors (Lipinski definition) is 3. The summed E-state index contributed by atoms with van der Waals surface area (Å²) in [6.45, 7) is 1.52. The first-order valence-corrected chi connectivity index (χ1v) is 9.88. The van der Waals surface area contributed by atoms with Crippen LogP contribution in [0.15, 0.2) is 85.1 Å². The Labute approximate surface area is 176 Å². The highest BCUT2D eigenvalue weighted by Gasteiger charge is 2.28. The van der Waals surface area contributed by atoms with Crippen molar-refractivity contribution < 1.29 is 9.59 Å². The van der Waals surface area contributed by atoms with Gasteiger partial charge in [-0.3, -0.25) is 9.59 Å². The lowest BCUT2D eigenvalue weighted by molar-refractivity contribution is -0.129. The number of hydrogen-bond donors (Lipinski definition) is 2. The van der Waals surface area contributed by atoms with Gasteiger partial charge >= 0.3 is 0 Å². The maximum atomic E-state index is 12.7. The van der Waals surface area contributed by atoms with E-state index in [9.17, 15) is 9.59 Å². The minimum atomic E-state index is -0.317. The Balaban J connectivity index is 1.43. The molecule has 1 atom stereocenters. The quantitative estimate of drug-likeness (QED) is 0.611. The molecule has 0 aromatic heterocycles. The summed E-state index contributed by atoms with van der Waals surface area (Å²) in [7, 11) is 0. The number of amides is 2. The number of nitrogens with zero attached hydrogens (tertiary/aromatic N) is 1. The van der Waals surface area contributed by atoms with Crippen molar-refractivity contribution in [2.45, 2.75) is 19.4 Å². The van der Waals surface area contributed by atoms with E-state index in [0.29, 0.717) is 5.69 Å². The van der Waals surface area contributed by atoms with Crippen molar-refractivity contribution in [3.8, 4) is 0 Å². The standard InChI is InChI=1S/C25H23N3O2/c1-18(29)28-16-15-19-7-5-6-10-23(19)24(28)17-25(30)27-22-13-11-21(12-14-22)26-20-8-3-2-4-9-20/h2-16,24,26H,17H2,1H3,(H,27,30). The molecular weight excluding hydrogens is 374 g/mol. The lowest BCUT2D eigenvalue weighted by Crippen LogP contribution is -2.33. The molecule has 0 saturated carbocycles. The van der Waals surface area contributed by atoms with Gasteiger partial charge in [-0.15, -0.1) is 0 Å². The maximum Gasteiger partial charge on any atom is 0.226 e. The first kappa shape index (κ1) is 19.5. The normalized spacial score (nSPS) is 14.7. The fraction of sp³-hybridized carbons (Fsp3) is 0.120. The average molecular weight is 397 g/mol. The molecule has 2 amide bonds. The summed E-state index contributed by atoms with van der Waals surface area (Å²) in [6, 6.07) is 25.0. The van der Waals surface area contributed by atoms with E-state index in [4.69, 9.17) is 0 Å². The van der Waals surface area contributed by atoms with Gasteiger partial charge in [-0.05, 0) is 53.6 Å². The summed E-state index contributed by atoms with van der Waals surface area (Å²) in [4.78, 5) is 26.4. The zero-order valence-electron chi connectivity index (χ0n) is 16.7. The zero-order valence-corrected chi connectivity index (χ0v) is 16.7. The zero-order chi connectivity index (χ0) is 20.9. The molecule has 3 aromatic carbocycles. The van der Waals surface area contributed by atoms with E-state index in [1.165, 1.54) is 6.92 Å². The number of para-hydroxylation sites is 1. The van der Waals surface area contributed by atoms with E-state index in [0.717, 1.165) is 22.5 Å². The van der Waals surface area contributed by atoms with Crippen LogP contribution in [0.25, 0.3) is 6.08 Å². The molecule has 0 aliphatic carbocycles. The Hall–Kier alpha value is -3.86. The summed E-state index contributed by atoms with van der Waals surface area (Å²) in [5.41, 5.74) is 4.67. The molecule has 0 saturated heterocycles. The summed E-state index contributed by atoms with van der Waals surface area (Å²) in [6.07, 6.45) is 3.85. The van der Waals surface area contributed by atoms with Crippen molar-refractivity contribution in [3.05, 3.63) is 96.2 Å². The van der Waals surface area contributed by atoms with Crippen molar-refractivity contribution in [3.63, 3.8) is 0 Å². The van der Waals surface area contributed by atoms with Gasteiger partial charge in [-0.1, -0.05) is 42.5 Å². The van der Waals surface area contributed by atoms with Crippen molar-refractivity contribution in [1.82, 2.24) is 4.90 Å². The highest BCUT2D eigenvalue weighted by atomic mass is 16.2. The number of fused-ring (bicyclic) bond motifs is 1. The first-order chi connectivity index (χ1) is 14.6. The minimum absolute atomic E-state index is 0.0881. The van der Waals surface area contributed by atoms with Crippen LogP contribution in [0.2, 0.25) is 0 Å². The van der Waals surface area contributed by atoms with Gasteiger partial charge in [0.2, 0.25) is 11.8 Å². The molecule has 1 unspecified atom stereocenters. The van der Waals surface area contributed by atoms with E-state index in [2.05, 4.69) is 10.6 Å². The van der Waals surface area contributed by atoms with Crippen LogP contribution in [0.3, 0.4) is 0 Å². The summed E-state index contributed by atoms with van der Waals surface area (Å²) >= 11 is 0. The van der Waals surface area contributed by atoms with Crippen molar-refractivity contribution in [1.29, 1.82) is 0 Å². The van der Waals surface area contributed by atoms with Gasteiger partial charge in [-0.25, -0.2) is 0 Å². The number of nitrogens with one attached hydrogen (secondary N) is 2. The van der Waals surface area contributed by atoms with Gasteiger partial charge in [0, 0.05) is 30.2 Å². The Bertz CT molecular complexity index is 1080. The van der Waals surface area contributed by atoms with E-state index < -0.39 is 0 Å². The summed E-state index contributed by atoms with van der Waals surface area (Å²) in [5.74, 6) is -0.227. The molecule has 0 bridgehead atoms. The lowest BCUT2D eigenvalue weighted by atomic mass is 9.93. The van der Waals surface area contributed by atoms with Gasteiger partial charge in [0.15, 0.2) is 0 Å². The molecule has 0 radical (unpaired) electrons. The predicted octanol–water partition coefficient (Wildman–Crippen LogP) is 5.33. The topological polar surface area (TPSA) is 61.4 Å². The Morgan fingerprint density at radius 2 is 1.47 bits per heavy atom. The molecule has 4 rings (SSSR count). The fourth-order valence-corrected chi connectivity index (χ4v) is 3.63. The Morgan fingerprint density at radius 3 is 2.20 bits per heavy atom. The van der Waals surface area contributed by atoms with E-state index in [1.807, 2.05) is 84.9 Å². The number of carbonyl (C=O) groups is 2. The number of benzene rings is 3. The molecule has 1 aliphatic rings.